The molecule has 2 rings (SSSR count). The van der Waals surface area contributed by atoms with Crippen LogP contribution in [0.3, 0.4) is 0 Å². The SMILES string of the molecule is CCC(CNC(=O)NCc1ncnn1C)Oc1cccc(F)c1. The maximum Gasteiger partial charge on any atom is 0.315 e. The van der Waals surface area contributed by atoms with Crippen LogP contribution in [0, 0.1) is 5.82 Å². The summed E-state index contributed by atoms with van der Waals surface area (Å²) in [6.45, 7) is 2.53. The highest BCUT2D eigenvalue weighted by atomic mass is 19.1. The van der Waals surface area contributed by atoms with E-state index in [1.165, 1.54) is 18.5 Å². The maximum absolute atomic E-state index is 13.1. The summed E-state index contributed by atoms with van der Waals surface area (Å²) in [6, 6.07) is 5.61. The standard InChI is InChI=1S/C15H20FN5O2/c1-3-12(23-13-6-4-5-11(16)7-13)8-17-15(22)18-9-14-19-10-20-21(14)2/h4-7,10,12H,3,8-9H2,1-2H3,(H2,17,18,22). The predicted octanol–water partition coefficient (Wildman–Crippen LogP) is 1.61. The summed E-state index contributed by atoms with van der Waals surface area (Å²) >= 11 is 0. The number of carbonyl (C=O) groups is 1. The number of hydrogen-bond donors (Lipinski definition) is 2. The summed E-state index contributed by atoms with van der Waals surface area (Å²) in [4.78, 5) is 15.8. The molecule has 23 heavy (non-hydrogen) atoms. The number of aryl methyl sites for hydroxylation is 1. The molecule has 0 fully saturated rings. The van der Waals surface area contributed by atoms with Crippen LogP contribution in [0.15, 0.2) is 30.6 Å². The number of urea groups is 1. The predicted molar refractivity (Wildman–Crippen MR) is 82.3 cm³/mol. The lowest BCUT2D eigenvalue weighted by atomic mass is 10.2. The van der Waals surface area contributed by atoms with Crippen LogP contribution in [0.2, 0.25) is 0 Å². The summed E-state index contributed by atoms with van der Waals surface area (Å²) in [6.07, 6.45) is 1.87. The van der Waals surface area contributed by atoms with E-state index in [1.54, 1.807) is 23.9 Å². The Balaban J connectivity index is 1.76. The Morgan fingerprint density at radius 3 is 2.91 bits per heavy atom. The number of aromatic nitrogens is 3. The van der Waals surface area contributed by atoms with E-state index in [-0.39, 0.29) is 24.5 Å². The van der Waals surface area contributed by atoms with Crippen LogP contribution in [0.5, 0.6) is 5.75 Å². The minimum Gasteiger partial charge on any atom is -0.489 e. The molecule has 0 aliphatic heterocycles. The van der Waals surface area contributed by atoms with Gasteiger partial charge in [0.1, 0.15) is 29.8 Å². The first-order valence-corrected chi connectivity index (χ1v) is 7.35. The molecule has 2 amide bonds. The molecular weight excluding hydrogens is 301 g/mol. The third kappa shape index (κ3) is 5.24. The summed E-state index contributed by atoms with van der Waals surface area (Å²) in [5, 5.41) is 9.33. The van der Waals surface area contributed by atoms with Gasteiger partial charge in [-0.05, 0) is 18.6 Å². The van der Waals surface area contributed by atoms with Crippen molar-refractivity contribution in [1.82, 2.24) is 25.4 Å². The molecule has 1 atom stereocenters. The van der Waals surface area contributed by atoms with Gasteiger partial charge < -0.3 is 15.4 Å². The lowest BCUT2D eigenvalue weighted by Crippen LogP contribution is -2.41. The average Bonchev–Trinajstić information content (AvgIpc) is 2.94. The number of benzene rings is 1. The molecule has 8 heteroatoms. The second-order valence-corrected chi connectivity index (χ2v) is 4.97. The lowest BCUT2D eigenvalue weighted by Gasteiger charge is -2.18. The fourth-order valence-electron chi connectivity index (χ4n) is 1.91. The smallest absolute Gasteiger partial charge is 0.315 e. The lowest BCUT2D eigenvalue weighted by molar-refractivity contribution is 0.189. The number of hydrogen-bond acceptors (Lipinski definition) is 4. The van der Waals surface area contributed by atoms with Crippen molar-refractivity contribution in [2.75, 3.05) is 6.54 Å². The van der Waals surface area contributed by atoms with E-state index in [4.69, 9.17) is 4.74 Å². The van der Waals surface area contributed by atoms with E-state index in [2.05, 4.69) is 20.7 Å². The van der Waals surface area contributed by atoms with Crippen molar-refractivity contribution in [2.24, 2.45) is 7.05 Å². The fraction of sp³-hybridized carbons (Fsp3) is 0.400. The zero-order valence-corrected chi connectivity index (χ0v) is 13.1. The second kappa shape index (κ2) is 8.11. The number of nitrogens with one attached hydrogen (secondary N) is 2. The summed E-state index contributed by atoms with van der Waals surface area (Å²) in [5.74, 6) is 0.744. The molecule has 124 valence electrons. The molecular formula is C15H20FN5O2. The van der Waals surface area contributed by atoms with Crippen molar-refractivity contribution in [2.45, 2.75) is 26.0 Å². The Bertz CT molecular complexity index is 646. The van der Waals surface area contributed by atoms with Crippen LogP contribution in [0.25, 0.3) is 0 Å². The zero-order chi connectivity index (χ0) is 16.7. The van der Waals surface area contributed by atoms with Gasteiger partial charge >= 0.3 is 6.03 Å². The molecule has 1 aromatic carbocycles. The van der Waals surface area contributed by atoms with Gasteiger partial charge in [-0.3, -0.25) is 4.68 Å². The Kier molecular flexibility index (Phi) is 5.90. The van der Waals surface area contributed by atoms with Gasteiger partial charge in [0, 0.05) is 13.1 Å². The van der Waals surface area contributed by atoms with Gasteiger partial charge in [0.25, 0.3) is 0 Å². The maximum atomic E-state index is 13.1. The molecule has 0 aliphatic rings. The molecule has 7 nitrogen and oxygen atoms in total. The highest BCUT2D eigenvalue weighted by molar-refractivity contribution is 5.73. The largest absolute Gasteiger partial charge is 0.489 e. The molecule has 0 saturated heterocycles. The third-order valence-electron chi connectivity index (χ3n) is 3.26. The van der Waals surface area contributed by atoms with E-state index in [0.717, 1.165) is 0 Å². The Morgan fingerprint density at radius 1 is 1.43 bits per heavy atom. The van der Waals surface area contributed by atoms with Gasteiger partial charge in [0.2, 0.25) is 0 Å². The number of halogens is 1. The normalized spacial score (nSPS) is 11.8. The summed E-state index contributed by atoms with van der Waals surface area (Å²) in [5.41, 5.74) is 0. The van der Waals surface area contributed by atoms with Crippen LogP contribution >= 0.6 is 0 Å². The second-order valence-electron chi connectivity index (χ2n) is 4.97. The topological polar surface area (TPSA) is 81.1 Å². The van der Waals surface area contributed by atoms with Crippen LogP contribution in [-0.2, 0) is 13.6 Å². The molecule has 1 aromatic heterocycles. The Labute approximate surface area is 133 Å². The first-order valence-electron chi connectivity index (χ1n) is 7.35. The van der Waals surface area contributed by atoms with Gasteiger partial charge in [-0.1, -0.05) is 13.0 Å². The quantitative estimate of drug-likeness (QED) is 0.812. The van der Waals surface area contributed by atoms with E-state index in [1.807, 2.05) is 6.92 Å². The molecule has 0 radical (unpaired) electrons. The van der Waals surface area contributed by atoms with Crippen LogP contribution in [0.4, 0.5) is 9.18 Å². The van der Waals surface area contributed by atoms with Crippen LogP contribution in [-0.4, -0.2) is 33.4 Å². The zero-order valence-electron chi connectivity index (χ0n) is 13.1. The molecule has 2 N–H and O–H groups in total. The van der Waals surface area contributed by atoms with Crippen molar-refractivity contribution in [3.05, 3.63) is 42.2 Å². The molecule has 0 saturated carbocycles. The Morgan fingerprint density at radius 2 is 2.26 bits per heavy atom. The monoisotopic (exact) mass is 321 g/mol. The van der Waals surface area contributed by atoms with E-state index >= 15 is 0 Å². The number of carbonyl (C=O) groups excluding carboxylic acids is 1. The third-order valence-corrected chi connectivity index (χ3v) is 3.26. The van der Waals surface area contributed by atoms with Crippen molar-refractivity contribution in [1.29, 1.82) is 0 Å². The fourth-order valence-corrected chi connectivity index (χ4v) is 1.91. The summed E-state index contributed by atoms with van der Waals surface area (Å²) in [7, 11) is 1.75. The number of ether oxygens (including phenoxy) is 1. The molecule has 1 unspecified atom stereocenters. The van der Waals surface area contributed by atoms with Crippen molar-refractivity contribution in [3.63, 3.8) is 0 Å². The highest BCUT2D eigenvalue weighted by Gasteiger charge is 2.11. The number of amides is 2. The molecule has 1 heterocycles. The van der Waals surface area contributed by atoms with Crippen LogP contribution < -0.4 is 15.4 Å². The Hall–Kier alpha value is -2.64. The van der Waals surface area contributed by atoms with Gasteiger partial charge in [-0.15, -0.1) is 0 Å². The van der Waals surface area contributed by atoms with E-state index in [9.17, 15) is 9.18 Å². The molecule has 0 spiro atoms. The average molecular weight is 321 g/mol. The highest BCUT2D eigenvalue weighted by Crippen LogP contribution is 2.14. The minimum atomic E-state index is -0.355. The van der Waals surface area contributed by atoms with Crippen molar-refractivity contribution in [3.8, 4) is 5.75 Å². The van der Waals surface area contributed by atoms with E-state index < -0.39 is 0 Å². The number of rotatable bonds is 7. The van der Waals surface area contributed by atoms with Gasteiger partial charge in [-0.2, -0.15) is 5.10 Å². The first-order chi connectivity index (χ1) is 11.1. The van der Waals surface area contributed by atoms with Gasteiger partial charge in [0.05, 0.1) is 13.1 Å². The first kappa shape index (κ1) is 16.7. The van der Waals surface area contributed by atoms with Crippen molar-refractivity contribution < 1.29 is 13.9 Å². The number of nitrogens with zero attached hydrogens (tertiary/aromatic N) is 3. The van der Waals surface area contributed by atoms with Crippen LogP contribution in [0.1, 0.15) is 19.2 Å². The van der Waals surface area contributed by atoms with Crippen molar-refractivity contribution >= 4 is 6.03 Å². The van der Waals surface area contributed by atoms with Gasteiger partial charge in [-0.25, -0.2) is 14.2 Å². The van der Waals surface area contributed by atoms with E-state index in [0.29, 0.717) is 24.5 Å². The summed E-state index contributed by atoms with van der Waals surface area (Å²) < 4.78 is 20.4. The minimum absolute atomic E-state index is 0.239. The van der Waals surface area contributed by atoms with Gasteiger partial charge in [0.15, 0.2) is 0 Å². The molecule has 0 aliphatic carbocycles. The molecule has 2 aromatic rings. The molecule has 0 bridgehead atoms.